The maximum Gasteiger partial charge on any atom is 0.405 e. The highest BCUT2D eigenvalue weighted by molar-refractivity contribution is 5.77. The summed E-state index contributed by atoms with van der Waals surface area (Å²) in [7, 11) is 0. The average Bonchev–Trinajstić information content (AvgIpc) is 2.73. The fraction of sp³-hybridized carbons (Fsp3) is 0.556. The summed E-state index contributed by atoms with van der Waals surface area (Å²) in [6.45, 7) is -0.345. The van der Waals surface area contributed by atoms with Crippen molar-refractivity contribution in [3.63, 3.8) is 0 Å². The van der Waals surface area contributed by atoms with Crippen LogP contribution in [0.25, 0.3) is 0 Å². The topological polar surface area (TPSA) is 59.0 Å². The van der Waals surface area contributed by atoms with Crippen molar-refractivity contribution in [2.45, 2.75) is 12.7 Å². The van der Waals surface area contributed by atoms with Gasteiger partial charge in [0.1, 0.15) is 6.54 Å². The number of halogens is 3. The SMILES string of the molecule is O=C(CNCCn1ccnc1)NCC(F)(F)F. The molecular weight excluding hydrogens is 237 g/mol. The Bertz CT molecular complexity index is 337. The lowest BCUT2D eigenvalue weighted by atomic mass is 10.5. The predicted octanol–water partition coefficient (Wildman–Crippen LogP) is 0.151. The lowest BCUT2D eigenvalue weighted by Crippen LogP contribution is -2.39. The van der Waals surface area contributed by atoms with E-state index >= 15 is 0 Å². The van der Waals surface area contributed by atoms with Gasteiger partial charge in [-0.05, 0) is 0 Å². The van der Waals surface area contributed by atoms with Crippen LogP contribution in [0, 0.1) is 0 Å². The van der Waals surface area contributed by atoms with Gasteiger partial charge in [-0.2, -0.15) is 13.2 Å². The lowest BCUT2D eigenvalue weighted by molar-refractivity contribution is -0.137. The molecule has 96 valence electrons. The third kappa shape index (κ3) is 6.56. The summed E-state index contributed by atoms with van der Waals surface area (Å²) in [5.41, 5.74) is 0. The second-order valence-corrected chi connectivity index (χ2v) is 3.37. The Kier molecular flexibility index (Phi) is 4.95. The Balaban J connectivity index is 2.04. The van der Waals surface area contributed by atoms with Crippen molar-refractivity contribution in [2.75, 3.05) is 19.6 Å². The number of nitrogens with zero attached hydrogens (tertiary/aromatic N) is 2. The minimum Gasteiger partial charge on any atom is -0.346 e. The van der Waals surface area contributed by atoms with Gasteiger partial charge in [0.15, 0.2) is 0 Å². The van der Waals surface area contributed by atoms with Crippen LogP contribution in [-0.2, 0) is 11.3 Å². The molecule has 1 rings (SSSR count). The van der Waals surface area contributed by atoms with Gasteiger partial charge in [-0.15, -0.1) is 0 Å². The molecular formula is C9H13F3N4O. The van der Waals surface area contributed by atoms with E-state index in [1.54, 1.807) is 28.6 Å². The van der Waals surface area contributed by atoms with Crippen LogP contribution in [0.4, 0.5) is 13.2 Å². The molecule has 0 unspecified atom stereocenters. The number of aromatic nitrogens is 2. The molecule has 1 aromatic heterocycles. The number of nitrogens with one attached hydrogen (secondary N) is 2. The Labute approximate surface area is 96.0 Å². The van der Waals surface area contributed by atoms with Gasteiger partial charge in [-0.1, -0.05) is 0 Å². The highest BCUT2D eigenvalue weighted by Gasteiger charge is 2.27. The Morgan fingerprint density at radius 2 is 2.18 bits per heavy atom. The fourth-order valence-corrected chi connectivity index (χ4v) is 1.09. The third-order valence-electron chi connectivity index (χ3n) is 1.88. The molecule has 0 aromatic carbocycles. The van der Waals surface area contributed by atoms with Crippen LogP contribution in [0.1, 0.15) is 0 Å². The Hall–Kier alpha value is -1.57. The van der Waals surface area contributed by atoms with E-state index in [9.17, 15) is 18.0 Å². The largest absolute Gasteiger partial charge is 0.405 e. The van der Waals surface area contributed by atoms with Crippen molar-refractivity contribution < 1.29 is 18.0 Å². The zero-order valence-electron chi connectivity index (χ0n) is 9.00. The maximum absolute atomic E-state index is 11.7. The van der Waals surface area contributed by atoms with E-state index in [2.05, 4.69) is 10.3 Å². The maximum atomic E-state index is 11.7. The molecule has 0 bridgehead atoms. The number of carbonyl (C=O) groups excluding carboxylic acids is 1. The van der Waals surface area contributed by atoms with E-state index < -0.39 is 18.6 Å². The summed E-state index contributed by atoms with van der Waals surface area (Å²) in [5.74, 6) is -0.673. The van der Waals surface area contributed by atoms with Crippen molar-refractivity contribution in [2.24, 2.45) is 0 Å². The first-order valence-electron chi connectivity index (χ1n) is 4.97. The monoisotopic (exact) mass is 250 g/mol. The lowest BCUT2D eigenvalue weighted by Gasteiger charge is -2.09. The molecule has 0 radical (unpaired) electrons. The molecule has 5 nitrogen and oxygen atoms in total. The van der Waals surface area contributed by atoms with Crippen molar-refractivity contribution >= 4 is 5.91 Å². The van der Waals surface area contributed by atoms with Gasteiger partial charge in [0, 0.05) is 25.5 Å². The van der Waals surface area contributed by atoms with Crippen molar-refractivity contribution in [3.05, 3.63) is 18.7 Å². The highest BCUT2D eigenvalue weighted by Crippen LogP contribution is 2.11. The van der Waals surface area contributed by atoms with Crippen molar-refractivity contribution in [1.29, 1.82) is 0 Å². The zero-order chi connectivity index (χ0) is 12.7. The van der Waals surface area contributed by atoms with E-state index in [0.29, 0.717) is 13.1 Å². The van der Waals surface area contributed by atoms with Crippen LogP contribution in [0.5, 0.6) is 0 Å². The summed E-state index contributed by atoms with van der Waals surface area (Å²) in [6, 6.07) is 0. The zero-order valence-corrected chi connectivity index (χ0v) is 9.00. The summed E-state index contributed by atoms with van der Waals surface area (Å²) in [4.78, 5) is 14.8. The van der Waals surface area contributed by atoms with Gasteiger partial charge in [0.05, 0.1) is 12.9 Å². The third-order valence-corrected chi connectivity index (χ3v) is 1.88. The normalized spacial score (nSPS) is 11.5. The summed E-state index contributed by atoms with van der Waals surface area (Å²) in [5, 5.41) is 4.50. The second kappa shape index (κ2) is 6.24. The van der Waals surface area contributed by atoms with Crippen LogP contribution in [0.2, 0.25) is 0 Å². The van der Waals surface area contributed by atoms with Gasteiger partial charge in [0.25, 0.3) is 0 Å². The first kappa shape index (κ1) is 13.5. The highest BCUT2D eigenvalue weighted by atomic mass is 19.4. The Morgan fingerprint density at radius 1 is 1.41 bits per heavy atom. The number of amides is 1. The molecule has 0 aliphatic rings. The quantitative estimate of drug-likeness (QED) is 0.707. The molecule has 0 atom stereocenters. The molecule has 0 aliphatic heterocycles. The standard InChI is InChI=1S/C9H13F3N4O/c10-9(11,12)6-15-8(17)5-13-1-3-16-4-2-14-7-16/h2,4,7,13H,1,3,5-6H2,(H,15,17). The summed E-state index contributed by atoms with van der Waals surface area (Å²) < 4.78 is 37.0. The molecule has 0 aliphatic carbocycles. The Morgan fingerprint density at radius 3 is 2.76 bits per heavy atom. The molecule has 2 N–H and O–H groups in total. The van der Waals surface area contributed by atoms with Crippen LogP contribution in [-0.4, -0.2) is 41.3 Å². The van der Waals surface area contributed by atoms with Gasteiger partial charge >= 0.3 is 6.18 Å². The molecule has 1 aromatic rings. The van der Waals surface area contributed by atoms with Crippen LogP contribution < -0.4 is 10.6 Å². The smallest absolute Gasteiger partial charge is 0.346 e. The number of hydrogen-bond acceptors (Lipinski definition) is 3. The van der Waals surface area contributed by atoms with Gasteiger partial charge in [0.2, 0.25) is 5.91 Å². The predicted molar refractivity (Wildman–Crippen MR) is 54.2 cm³/mol. The number of rotatable bonds is 6. The van der Waals surface area contributed by atoms with E-state index in [4.69, 9.17) is 0 Å². The molecule has 1 amide bonds. The first-order valence-corrected chi connectivity index (χ1v) is 4.97. The molecule has 8 heteroatoms. The minimum atomic E-state index is -4.37. The van der Waals surface area contributed by atoms with Crippen molar-refractivity contribution in [1.82, 2.24) is 20.2 Å². The second-order valence-electron chi connectivity index (χ2n) is 3.37. The van der Waals surface area contributed by atoms with Gasteiger partial charge in [-0.3, -0.25) is 4.79 Å². The average molecular weight is 250 g/mol. The van der Waals surface area contributed by atoms with E-state index in [-0.39, 0.29) is 6.54 Å². The molecule has 0 spiro atoms. The van der Waals surface area contributed by atoms with E-state index in [1.807, 2.05) is 0 Å². The van der Waals surface area contributed by atoms with Gasteiger partial charge in [-0.25, -0.2) is 4.98 Å². The van der Waals surface area contributed by atoms with Crippen LogP contribution in [0.3, 0.4) is 0 Å². The van der Waals surface area contributed by atoms with E-state index in [1.165, 1.54) is 0 Å². The number of carbonyl (C=O) groups is 1. The molecule has 1 heterocycles. The van der Waals surface area contributed by atoms with Gasteiger partial charge < -0.3 is 15.2 Å². The number of alkyl halides is 3. The molecule has 17 heavy (non-hydrogen) atoms. The van der Waals surface area contributed by atoms with E-state index in [0.717, 1.165) is 0 Å². The summed E-state index contributed by atoms with van der Waals surface area (Å²) >= 11 is 0. The van der Waals surface area contributed by atoms with Crippen molar-refractivity contribution in [3.8, 4) is 0 Å². The molecule has 0 fully saturated rings. The fourth-order valence-electron chi connectivity index (χ4n) is 1.09. The minimum absolute atomic E-state index is 0.134. The first-order chi connectivity index (χ1) is 7.97. The molecule has 0 saturated carbocycles. The number of imidazole rings is 1. The summed E-state index contributed by atoms with van der Waals surface area (Å²) in [6.07, 6.45) is 0.624. The number of hydrogen-bond donors (Lipinski definition) is 2. The van der Waals surface area contributed by atoms with Crippen LogP contribution >= 0.6 is 0 Å². The molecule has 0 saturated heterocycles. The van der Waals surface area contributed by atoms with Crippen LogP contribution in [0.15, 0.2) is 18.7 Å².